The van der Waals surface area contributed by atoms with Gasteiger partial charge in [0.1, 0.15) is 5.82 Å². The fourth-order valence-corrected chi connectivity index (χ4v) is 2.45. The first-order chi connectivity index (χ1) is 8.03. The Kier molecular flexibility index (Phi) is 5.13. The van der Waals surface area contributed by atoms with Crippen LogP contribution >= 0.6 is 0 Å². The molecule has 1 rings (SSSR count). The summed E-state index contributed by atoms with van der Waals surface area (Å²) >= 11 is 0. The van der Waals surface area contributed by atoms with Crippen LogP contribution in [0.25, 0.3) is 0 Å². The predicted molar refractivity (Wildman–Crippen MR) is 69.3 cm³/mol. The third-order valence-electron chi connectivity index (χ3n) is 3.43. The van der Waals surface area contributed by atoms with Crippen LogP contribution in [0, 0.1) is 11.7 Å². The molecule has 2 heteroatoms. The van der Waals surface area contributed by atoms with Gasteiger partial charge in [-0.2, -0.15) is 0 Å². The third kappa shape index (κ3) is 3.53. The zero-order valence-electron chi connectivity index (χ0n) is 11.0. The maximum Gasteiger partial charge on any atom is 0.129 e. The topological polar surface area (TPSA) is 20.2 Å². The summed E-state index contributed by atoms with van der Waals surface area (Å²) in [6.45, 7) is 6.15. The zero-order valence-corrected chi connectivity index (χ0v) is 11.0. The molecule has 1 nitrogen and oxygen atoms in total. The minimum Gasteiger partial charge on any atom is -0.385 e. The summed E-state index contributed by atoms with van der Waals surface area (Å²) in [4.78, 5) is 0. The van der Waals surface area contributed by atoms with Gasteiger partial charge in [0, 0.05) is 5.56 Å². The van der Waals surface area contributed by atoms with Crippen molar-refractivity contribution in [3.8, 4) is 0 Å². The second-order valence-electron chi connectivity index (χ2n) is 4.96. The van der Waals surface area contributed by atoms with Gasteiger partial charge in [0.2, 0.25) is 0 Å². The molecule has 2 unspecified atom stereocenters. The predicted octanol–water partition coefficient (Wildman–Crippen LogP) is 4.25. The molecule has 0 saturated carbocycles. The van der Waals surface area contributed by atoms with Gasteiger partial charge in [-0.15, -0.1) is 0 Å². The normalized spacial score (nSPS) is 16.5. The molecule has 0 radical (unpaired) electrons. The van der Waals surface area contributed by atoms with Crippen molar-refractivity contribution in [1.29, 1.82) is 0 Å². The van der Waals surface area contributed by atoms with Crippen molar-refractivity contribution in [2.45, 2.75) is 52.1 Å². The van der Waals surface area contributed by atoms with Crippen LogP contribution in [0.5, 0.6) is 0 Å². The number of hydrogen-bond acceptors (Lipinski definition) is 1. The molecule has 0 saturated heterocycles. The molecule has 1 aromatic rings. The number of hydrogen-bond donors (Lipinski definition) is 1. The molecule has 0 heterocycles. The maximum atomic E-state index is 13.7. The summed E-state index contributed by atoms with van der Waals surface area (Å²) in [6.07, 6.45) is 3.33. The number of rotatable bonds is 6. The van der Waals surface area contributed by atoms with E-state index in [1.165, 1.54) is 6.07 Å². The molecule has 0 aliphatic heterocycles. The SMILES string of the molecule is CCCC(C)CC(O)(CC)c1ccccc1F. The van der Waals surface area contributed by atoms with Crippen LogP contribution in [0.15, 0.2) is 24.3 Å². The lowest BCUT2D eigenvalue weighted by atomic mass is 9.81. The van der Waals surface area contributed by atoms with Crippen molar-refractivity contribution in [3.05, 3.63) is 35.6 Å². The second kappa shape index (κ2) is 6.15. The Morgan fingerprint density at radius 3 is 2.47 bits per heavy atom. The number of aliphatic hydroxyl groups is 1. The molecule has 0 aromatic heterocycles. The molecule has 1 aromatic carbocycles. The Hall–Kier alpha value is -0.890. The van der Waals surface area contributed by atoms with Crippen LogP contribution in [0.2, 0.25) is 0 Å². The van der Waals surface area contributed by atoms with Crippen LogP contribution in [-0.4, -0.2) is 5.11 Å². The third-order valence-corrected chi connectivity index (χ3v) is 3.43. The number of benzene rings is 1. The fraction of sp³-hybridized carbons (Fsp3) is 0.600. The summed E-state index contributed by atoms with van der Waals surface area (Å²) in [5.41, 5.74) is -0.592. The van der Waals surface area contributed by atoms with Crippen molar-refractivity contribution < 1.29 is 9.50 Å². The van der Waals surface area contributed by atoms with Crippen molar-refractivity contribution >= 4 is 0 Å². The highest BCUT2D eigenvalue weighted by atomic mass is 19.1. The molecule has 17 heavy (non-hydrogen) atoms. The second-order valence-corrected chi connectivity index (χ2v) is 4.96. The average Bonchev–Trinajstić information content (AvgIpc) is 2.29. The van der Waals surface area contributed by atoms with E-state index < -0.39 is 5.60 Å². The number of halogens is 1. The van der Waals surface area contributed by atoms with Crippen molar-refractivity contribution in [3.63, 3.8) is 0 Å². The van der Waals surface area contributed by atoms with E-state index in [0.717, 1.165) is 12.8 Å². The van der Waals surface area contributed by atoms with E-state index >= 15 is 0 Å². The summed E-state index contributed by atoms with van der Waals surface area (Å²) in [6, 6.07) is 6.55. The summed E-state index contributed by atoms with van der Waals surface area (Å²) < 4.78 is 13.7. The molecular formula is C15H23FO. The lowest BCUT2D eigenvalue weighted by Gasteiger charge is -2.30. The minimum absolute atomic E-state index is 0.305. The lowest BCUT2D eigenvalue weighted by Crippen LogP contribution is -2.28. The van der Waals surface area contributed by atoms with Crippen LogP contribution in [-0.2, 0) is 5.60 Å². The molecule has 0 aliphatic carbocycles. The van der Waals surface area contributed by atoms with E-state index in [1.807, 2.05) is 6.92 Å². The largest absolute Gasteiger partial charge is 0.385 e. The van der Waals surface area contributed by atoms with Gasteiger partial charge < -0.3 is 5.11 Å². The van der Waals surface area contributed by atoms with Gasteiger partial charge in [-0.1, -0.05) is 51.8 Å². The fourth-order valence-electron chi connectivity index (χ4n) is 2.45. The van der Waals surface area contributed by atoms with E-state index in [4.69, 9.17) is 0 Å². The molecular weight excluding hydrogens is 215 g/mol. The maximum absolute atomic E-state index is 13.7. The summed E-state index contributed by atoms with van der Waals surface area (Å²) in [5, 5.41) is 10.6. The van der Waals surface area contributed by atoms with Gasteiger partial charge >= 0.3 is 0 Å². The first-order valence-electron chi connectivity index (χ1n) is 6.51. The smallest absolute Gasteiger partial charge is 0.129 e. The standard InChI is InChI=1S/C15H23FO/c1-4-8-12(3)11-15(17,5-2)13-9-6-7-10-14(13)16/h6-7,9-10,12,17H,4-5,8,11H2,1-3H3. The van der Waals surface area contributed by atoms with E-state index in [0.29, 0.717) is 24.3 Å². The quantitative estimate of drug-likeness (QED) is 0.785. The molecule has 0 fully saturated rings. The van der Waals surface area contributed by atoms with Crippen LogP contribution in [0.4, 0.5) is 4.39 Å². The van der Waals surface area contributed by atoms with Crippen molar-refractivity contribution in [2.24, 2.45) is 5.92 Å². The van der Waals surface area contributed by atoms with Gasteiger partial charge in [-0.05, 0) is 24.8 Å². The van der Waals surface area contributed by atoms with Gasteiger partial charge in [0.25, 0.3) is 0 Å². The van der Waals surface area contributed by atoms with E-state index in [-0.39, 0.29) is 5.82 Å². The Balaban J connectivity index is 2.92. The molecule has 96 valence electrons. The van der Waals surface area contributed by atoms with E-state index in [1.54, 1.807) is 18.2 Å². The lowest BCUT2D eigenvalue weighted by molar-refractivity contribution is 0.00484. The molecule has 0 amide bonds. The highest BCUT2D eigenvalue weighted by Gasteiger charge is 2.31. The van der Waals surface area contributed by atoms with Gasteiger partial charge in [-0.25, -0.2) is 4.39 Å². The van der Waals surface area contributed by atoms with Crippen molar-refractivity contribution in [2.75, 3.05) is 0 Å². The molecule has 0 bridgehead atoms. The Morgan fingerprint density at radius 1 is 1.29 bits per heavy atom. The van der Waals surface area contributed by atoms with Crippen LogP contribution in [0.3, 0.4) is 0 Å². The van der Waals surface area contributed by atoms with Gasteiger partial charge in [-0.3, -0.25) is 0 Å². The van der Waals surface area contributed by atoms with E-state index in [2.05, 4.69) is 13.8 Å². The molecule has 2 atom stereocenters. The minimum atomic E-state index is -1.03. The highest BCUT2D eigenvalue weighted by molar-refractivity contribution is 5.24. The van der Waals surface area contributed by atoms with E-state index in [9.17, 15) is 9.50 Å². The summed E-state index contributed by atoms with van der Waals surface area (Å²) in [7, 11) is 0. The Labute approximate surface area is 104 Å². The monoisotopic (exact) mass is 238 g/mol. The zero-order chi connectivity index (χ0) is 12.9. The Bertz CT molecular complexity index is 351. The van der Waals surface area contributed by atoms with Crippen molar-refractivity contribution in [1.82, 2.24) is 0 Å². The molecule has 0 spiro atoms. The van der Waals surface area contributed by atoms with Crippen LogP contribution < -0.4 is 0 Å². The Morgan fingerprint density at radius 2 is 1.94 bits per heavy atom. The van der Waals surface area contributed by atoms with Gasteiger partial charge in [0.15, 0.2) is 0 Å². The first kappa shape index (κ1) is 14.2. The van der Waals surface area contributed by atoms with Gasteiger partial charge in [0.05, 0.1) is 5.60 Å². The average molecular weight is 238 g/mol. The summed E-state index contributed by atoms with van der Waals surface area (Å²) in [5.74, 6) is 0.102. The van der Waals surface area contributed by atoms with Crippen LogP contribution in [0.1, 0.15) is 52.0 Å². The molecule has 1 N–H and O–H groups in total. The highest BCUT2D eigenvalue weighted by Crippen LogP contribution is 2.34. The first-order valence-corrected chi connectivity index (χ1v) is 6.51. The molecule has 0 aliphatic rings.